The maximum absolute atomic E-state index is 11.8. The lowest BCUT2D eigenvalue weighted by atomic mass is 10.3. The first-order chi connectivity index (χ1) is 11.6. The molecule has 2 aromatic carbocycles. The standard InChI is InChI=1S/C17H19N3O4/c1-2-19(15-8-4-3-5-9-15)11-12-24-17(21)18-14-7-6-10-16(13-14)20(22)23/h3-10,13H,2,11-12H2,1H3,(H,18,21). The summed E-state index contributed by atoms with van der Waals surface area (Å²) in [6, 6.07) is 15.5. The van der Waals surface area contributed by atoms with E-state index in [1.165, 1.54) is 18.2 Å². The minimum Gasteiger partial charge on any atom is -0.447 e. The van der Waals surface area contributed by atoms with Crippen molar-refractivity contribution < 1.29 is 14.5 Å². The number of benzene rings is 2. The summed E-state index contributed by atoms with van der Waals surface area (Å²) in [6.45, 7) is 3.59. The van der Waals surface area contributed by atoms with Crippen LogP contribution >= 0.6 is 0 Å². The highest BCUT2D eigenvalue weighted by Gasteiger charge is 2.09. The normalized spacial score (nSPS) is 10.0. The number of para-hydroxylation sites is 1. The summed E-state index contributed by atoms with van der Waals surface area (Å²) in [6.07, 6.45) is -0.639. The van der Waals surface area contributed by atoms with Crippen LogP contribution in [0.3, 0.4) is 0 Å². The zero-order valence-corrected chi connectivity index (χ0v) is 13.3. The molecule has 0 fully saturated rings. The third-order valence-electron chi connectivity index (χ3n) is 3.40. The van der Waals surface area contributed by atoms with Gasteiger partial charge in [-0.15, -0.1) is 0 Å². The molecular weight excluding hydrogens is 310 g/mol. The number of nitrogens with zero attached hydrogens (tertiary/aromatic N) is 2. The zero-order valence-electron chi connectivity index (χ0n) is 13.3. The van der Waals surface area contributed by atoms with E-state index in [4.69, 9.17) is 4.74 Å². The minimum absolute atomic E-state index is 0.0889. The lowest BCUT2D eigenvalue weighted by molar-refractivity contribution is -0.384. The fraction of sp³-hybridized carbons (Fsp3) is 0.235. The Morgan fingerprint density at radius 2 is 1.96 bits per heavy atom. The first-order valence-corrected chi connectivity index (χ1v) is 7.58. The van der Waals surface area contributed by atoms with Crippen LogP contribution in [0.1, 0.15) is 6.92 Å². The number of ether oxygens (including phenoxy) is 1. The molecule has 0 aliphatic carbocycles. The lowest BCUT2D eigenvalue weighted by Crippen LogP contribution is -2.28. The number of nitro benzene ring substituents is 1. The van der Waals surface area contributed by atoms with Crippen LogP contribution in [-0.4, -0.2) is 30.7 Å². The largest absolute Gasteiger partial charge is 0.447 e. The fourth-order valence-corrected chi connectivity index (χ4v) is 2.21. The number of carbonyl (C=O) groups is 1. The molecule has 0 unspecified atom stereocenters. The van der Waals surface area contributed by atoms with E-state index in [-0.39, 0.29) is 12.3 Å². The molecule has 0 spiro atoms. The third kappa shape index (κ3) is 4.98. The summed E-state index contributed by atoms with van der Waals surface area (Å²) in [7, 11) is 0. The summed E-state index contributed by atoms with van der Waals surface area (Å²) in [5.74, 6) is 0. The van der Waals surface area contributed by atoms with Crippen LogP contribution in [0.15, 0.2) is 54.6 Å². The number of anilines is 2. The molecule has 0 saturated heterocycles. The molecule has 24 heavy (non-hydrogen) atoms. The first kappa shape index (κ1) is 17.3. The van der Waals surface area contributed by atoms with Crippen LogP contribution in [0.25, 0.3) is 0 Å². The highest BCUT2D eigenvalue weighted by Crippen LogP contribution is 2.17. The number of rotatable bonds is 7. The minimum atomic E-state index is -0.639. The molecule has 0 atom stereocenters. The maximum Gasteiger partial charge on any atom is 0.411 e. The van der Waals surface area contributed by atoms with Crippen molar-refractivity contribution in [2.75, 3.05) is 29.9 Å². The van der Waals surface area contributed by atoms with Crippen LogP contribution in [0.2, 0.25) is 0 Å². The highest BCUT2D eigenvalue weighted by atomic mass is 16.6. The Morgan fingerprint density at radius 3 is 2.62 bits per heavy atom. The van der Waals surface area contributed by atoms with Gasteiger partial charge in [-0.1, -0.05) is 24.3 Å². The Kier molecular flexibility index (Phi) is 6.13. The smallest absolute Gasteiger partial charge is 0.411 e. The third-order valence-corrected chi connectivity index (χ3v) is 3.40. The van der Waals surface area contributed by atoms with Gasteiger partial charge in [0, 0.05) is 24.4 Å². The van der Waals surface area contributed by atoms with Crippen molar-refractivity contribution in [1.82, 2.24) is 0 Å². The zero-order chi connectivity index (χ0) is 17.4. The second kappa shape index (κ2) is 8.52. The van der Waals surface area contributed by atoms with Gasteiger partial charge in [0.2, 0.25) is 0 Å². The van der Waals surface area contributed by atoms with E-state index >= 15 is 0 Å². The predicted molar refractivity (Wildman–Crippen MR) is 92.4 cm³/mol. The summed E-state index contributed by atoms with van der Waals surface area (Å²) < 4.78 is 5.14. The van der Waals surface area contributed by atoms with Gasteiger partial charge in [-0.2, -0.15) is 0 Å². The van der Waals surface area contributed by atoms with Crippen molar-refractivity contribution >= 4 is 23.2 Å². The average molecular weight is 329 g/mol. The number of hydrogen-bond acceptors (Lipinski definition) is 5. The molecular formula is C17H19N3O4. The summed E-state index contributed by atoms with van der Waals surface area (Å²) in [5.41, 5.74) is 1.29. The number of non-ortho nitro benzene ring substituents is 1. The molecule has 2 aromatic rings. The fourth-order valence-electron chi connectivity index (χ4n) is 2.21. The molecule has 0 radical (unpaired) electrons. The number of carbonyl (C=O) groups excluding carboxylic acids is 1. The molecule has 1 amide bonds. The number of amides is 1. The Balaban J connectivity index is 1.83. The van der Waals surface area contributed by atoms with E-state index < -0.39 is 11.0 Å². The van der Waals surface area contributed by atoms with E-state index in [1.54, 1.807) is 6.07 Å². The van der Waals surface area contributed by atoms with Crippen LogP contribution in [-0.2, 0) is 4.74 Å². The quantitative estimate of drug-likeness (QED) is 0.619. The van der Waals surface area contributed by atoms with Crippen LogP contribution in [0, 0.1) is 10.1 Å². The van der Waals surface area contributed by atoms with Gasteiger partial charge >= 0.3 is 6.09 Å². The van der Waals surface area contributed by atoms with E-state index in [9.17, 15) is 14.9 Å². The van der Waals surface area contributed by atoms with Gasteiger partial charge in [0.05, 0.1) is 17.2 Å². The van der Waals surface area contributed by atoms with Gasteiger partial charge < -0.3 is 9.64 Å². The van der Waals surface area contributed by atoms with Crippen molar-refractivity contribution in [3.8, 4) is 0 Å². The van der Waals surface area contributed by atoms with Crippen molar-refractivity contribution in [2.24, 2.45) is 0 Å². The van der Waals surface area contributed by atoms with Gasteiger partial charge in [0.15, 0.2) is 0 Å². The van der Waals surface area contributed by atoms with Crippen molar-refractivity contribution in [1.29, 1.82) is 0 Å². The average Bonchev–Trinajstić information content (AvgIpc) is 2.59. The summed E-state index contributed by atoms with van der Waals surface area (Å²) in [5, 5.41) is 13.2. The Morgan fingerprint density at radius 1 is 1.21 bits per heavy atom. The van der Waals surface area contributed by atoms with Crippen LogP contribution < -0.4 is 10.2 Å². The van der Waals surface area contributed by atoms with Gasteiger partial charge in [-0.05, 0) is 25.1 Å². The topological polar surface area (TPSA) is 84.7 Å². The number of nitrogens with one attached hydrogen (secondary N) is 1. The molecule has 0 aromatic heterocycles. The Bertz CT molecular complexity index is 691. The highest BCUT2D eigenvalue weighted by molar-refractivity contribution is 5.85. The maximum atomic E-state index is 11.8. The SMILES string of the molecule is CCN(CCOC(=O)Nc1cccc([N+](=O)[O-])c1)c1ccccc1. The number of hydrogen-bond donors (Lipinski definition) is 1. The van der Waals surface area contributed by atoms with Crippen molar-refractivity contribution in [3.63, 3.8) is 0 Å². The molecule has 2 rings (SSSR count). The van der Waals surface area contributed by atoms with E-state index in [0.717, 1.165) is 12.2 Å². The van der Waals surface area contributed by atoms with Crippen LogP contribution in [0.5, 0.6) is 0 Å². The van der Waals surface area contributed by atoms with E-state index in [0.29, 0.717) is 12.2 Å². The van der Waals surface area contributed by atoms with Gasteiger partial charge in [0.25, 0.3) is 5.69 Å². The number of nitro groups is 1. The second-order valence-electron chi connectivity index (χ2n) is 4.98. The summed E-state index contributed by atoms with van der Waals surface area (Å²) >= 11 is 0. The monoisotopic (exact) mass is 329 g/mol. The Hall–Kier alpha value is -3.09. The van der Waals surface area contributed by atoms with Gasteiger partial charge in [-0.25, -0.2) is 4.79 Å². The molecule has 0 bridgehead atoms. The molecule has 0 aliphatic rings. The molecule has 0 saturated carbocycles. The molecule has 0 aliphatic heterocycles. The molecule has 126 valence electrons. The van der Waals surface area contributed by atoms with Gasteiger partial charge in [-0.3, -0.25) is 15.4 Å². The lowest BCUT2D eigenvalue weighted by Gasteiger charge is -2.22. The van der Waals surface area contributed by atoms with Gasteiger partial charge in [0.1, 0.15) is 6.61 Å². The molecule has 7 nitrogen and oxygen atoms in total. The predicted octanol–water partition coefficient (Wildman–Crippen LogP) is 3.67. The van der Waals surface area contributed by atoms with Crippen LogP contribution in [0.4, 0.5) is 21.9 Å². The number of likely N-dealkylation sites (N-methyl/N-ethyl adjacent to an activating group) is 1. The Labute approximate surface area is 140 Å². The first-order valence-electron chi connectivity index (χ1n) is 7.58. The second-order valence-corrected chi connectivity index (χ2v) is 4.98. The molecule has 7 heteroatoms. The van der Waals surface area contributed by atoms with E-state index in [1.807, 2.05) is 37.3 Å². The summed E-state index contributed by atoms with van der Waals surface area (Å²) in [4.78, 5) is 24.1. The van der Waals surface area contributed by atoms with Crippen molar-refractivity contribution in [2.45, 2.75) is 6.92 Å². The molecule has 0 heterocycles. The van der Waals surface area contributed by atoms with E-state index in [2.05, 4.69) is 10.2 Å². The van der Waals surface area contributed by atoms with Crippen molar-refractivity contribution in [3.05, 3.63) is 64.7 Å². The molecule has 1 N–H and O–H groups in total.